The summed E-state index contributed by atoms with van der Waals surface area (Å²) >= 11 is 0. The zero-order valence-corrected chi connectivity index (χ0v) is 13.9. The molecular formula is C18H17F2N3O3. The predicted octanol–water partition coefficient (Wildman–Crippen LogP) is 2.83. The molecule has 1 heterocycles. The van der Waals surface area contributed by atoms with E-state index < -0.39 is 16.6 Å². The molecule has 1 aliphatic rings. The summed E-state index contributed by atoms with van der Waals surface area (Å²) in [6, 6.07) is 9.59. The third kappa shape index (κ3) is 4.02. The summed E-state index contributed by atoms with van der Waals surface area (Å²) in [4.78, 5) is 26.5. The maximum Gasteiger partial charge on any atom is 0.269 e. The molecule has 0 aliphatic carbocycles. The van der Waals surface area contributed by atoms with Gasteiger partial charge in [0.15, 0.2) is 11.6 Å². The van der Waals surface area contributed by atoms with E-state index in [2.05, 4.69) is 4.90 Å². The molecule has 2 aromatic carbocycles. The van der Waals surface area contributed by atoms with Crippen LogP contribution in [0.3, 0.4) is 0 Å². The molecule has 6 nitrogen and oxygen atoms in total. The van der Waals surface area contributed by atoms with Gasteiger partial charge in [0.2, 0.25) is 0 Å². The second-order valence-electron chi connectivity index (χ2n) is 6.12. The number of hydrogen-bond donors (Lipinski definition) is 0. The molecule has 2 aromatic rings. The Morgan fingerprint density at radius 1 is 1.04 bits per heavy atom. The van der Waals surface area contributed by atoms with Crippen LogP contribution >= 0.6 is 0 Å². The molecule has 1 fully saturated rings. The standard InChI is InChI=1S/C18H17F2N3O3/c19-16-5-4-14(11-17(16)20)18(24)22-8-6-21(7-9-22)12-13-2-1-3-15(10-13)23(25)26/h1-5,10-11H,6-9,12H2. The average Bonchev–Trinajstić information content (AvgIpc) is 2.64. The SMILES string of the molecule is O=C(c1ccc(F)c(F)c1)N1CCN(Cc2cccc([N+](=O)[O-])c2)CC1. The van der Waals surface area contributed by atoms with Gasteiger partial charge < -0.3 is 4.90 Å². The van der Waals surface area contributed by atoms with Crippen molar-refractivity contribution < 1.29 is 18.5 Å². The van der Waals surface area contributed by atoms with Crippen LogP contribution in [0.2, 0.25) is 0 Å². The van der Waals surface area contributed by atoms with Crippen molar-refractivity contribution in [2.75, 3.05) is 26.2 Å². The van der Waals surface area contributed by atoms with E-state index in [-0.39, 0.29) is 17.2 Å². The third-order valence-corrected chi connectivity index (χ3v) is 4.35. The van der Waals surface area contributed by atoms with Crippen LogP contribution in [-0.2, 0) is 6.54 Å². The van der Waals surface area contributed by atoms with Crippen molar-refractivity contribution in [1.29, 1.82) is 0 Å². The quantitative estimate of drug-likeness (QED) is 0.620. The van der Waals surface area contributed by atoms with Gasteiger partial charge >= 0.3 is 0 Å². The average molecular weight is 361 g/mol. The van der Waals surface area contributed by atoms with E-state index in [9.17, 15) is 23.7 Å². The molecule has 0 saturated carbocycles. The first-order chi connectivity index (χ1) is 12.4. The molecule has 0 unspecified atom stereocenters. The molecule has 8 heteroatoms. The highest BCUT2D eigenvalue weighted by atomic mass is 19.2. The van der Waals surface area contributed by atoms with Crippen LogP contribution in [0.15, 0.2) is 42.5 Å². The molecule has 0 bridgehead atoms. The van der Waals surface area contributed by atoms with Gasteiger partial charge in [-0.25, -0.2) is 8.78 Å². The van der Waals surface area contributed by atoms with Gasteiger partial charge in [0.25, 0.3) is 11.6 Å². The zero-order chi connectivity index (χ0) is 18.7. The first-order valence-electron chi connectivity index (χ1n) is 8.14. The molecule has 0 aromatic heterocycles. The van der Waals surface area contributed by atoms with Crippen LogP contribution in [-0.4, -0.2) is 46.8 Å². The van der Waals surface area contributed by atoms with Gasteiger partial charge in [0.05, 0.1) is 4.92 Å². The summed E-state index contributed by atoms with van der Waals surface area (Å²) in [6.45, 7) is 2.64. The van der Waals surface area contributed by atoms with E-state index in [1.807, 2.05) is 6.07 Å². The first kappa shape index (κ1) is 17.9. The molecule has 26 heavy (non-hydrogen) atoms. The van der Waals surface area contributed by atoms with Crippen molar-refractivity contribution in [3.63, 3.8) is 0 Å². The fraction of sp³-hybridized carbons (Fsp3) is 0.278. The molecular weight excluding hydrogens is 344 g/mol. The Kier molecular flexibility index (Phi) is 5.22. The summed E-state index contributed by atoms with van der Waals surface area (Å²) in [6.07, 6.45) is 0. The van der Waals surface area contributed by atoms with Crippen molar-refractivity contribution in [3.8, 4) is 0 Å². The minimum absolute atomic E-state index is 0.0506. The lowest BCUT2D eigenvalue weighted by Gasteiger charge is -2.34. The maximum absolute atomic E-state index is 13.3. The number of benzene rings is 2. The smallest absolute Gasteiger partial charge is 0.269 e. The van der Waals surface area contributed by atoms with Crippen molar-refractivity contribution in [2.24, 2.45) is 0 Å². The van der Waals surface area contributed by atoms with Crippen molar-refractivity contribution in [2.45, 2.75) is 6.54 Å². The van der Waals surface area contributed by atoms with E-state index in [0.29, 0.717) is 32.7 Å². The minimum Gasteiger partial charge on any atom is -0.336 e. The number of carbonyl (C=O) groups is 1. The van der Waals surface area contributed by atoms with E-state index in [1.165, 1.54) is 12.1 Å². The summed E-state index contributed by atoms with van der Waals surface area (Å²) in [5, 5.41) is 10.8. The number of rotatable bonds is 4. The molecule has 0 N–H and O–H groups in total. The molecule has 136 valence electrons. The predicted molar refractivity (Wildman–Crippen MR) is 90.6 cm³/mol. The third-order valence-electron chi connectivity index (χ3n) is 4.35. The zero-order valence-electron chi connectivity index (χ0n) is 13.9. The monoisotopic (exact) mass is 361 g/mol. The number of non-ortho nitro benzene ring substituents is 1. The van der Waals surface area contributed by atoms with Crippen LogP contribution in [0.25, 0.3) is 0 Å². The number of nitrogens with zero attached hydrogens (tertiary/aromatic N) is 3. The van der Waals surface area contributed by atoms with Gasteiger partial charge in [-0.05, 0) is 23.8 Å². The first-order valence-corrected chi connectivity index (χ1v) is 8.14. The van der Waals surface area contributed by atoms with Crippen LogP contribution in [0, 0.1) is 21.7 Å². The Bertz CT molecular complexity index is 836. The molecule has 0 atom stereocenters. The van der Waals surface area contributed by atoms with E-state index in [1.54, 1.807) is 17.0 Å². The number of nitro groups is 1. The Morgan fingerprint density at radius 3 is 2.42 bits per heavy atom. The van der Waals surface area contributed by atoms with Crippen LogP contribution in [0.1, 0.15) is 15.9 Å². The lowest BCUT2D eigenvalue weighted by molar-refractivity contribution is -0.384. The van der Waals surface area contributed by atoms with Gasteiger partial charge in [0.1, 0.15) is 0 Å². The number of halogens is 2. The summed E-state index contributed by atoms with van der Waals surface area (Å²) < 4.78 is 26.3. The summed E-state index contributed by atoms with van der Waals surface area (Å²) in [7, 11) is 0. The Morgan fingerprint density at radius 2 is 1.77 bits per heavy atom. The highest BCUT2D eigenvalue weighted by Crippen LogP contribution is 2.17. The number of amides is 1. The van der Waals surface area contributed by atoms with E-state index in [4.69, 9.17) is 0 Å². The van der Waals surface area contributed by atoms with Gasteiger partial charge in [-0.1, -0.05) is 12.1 Å². The number of carbonyl (C=O) groups excluding carboxylic acids is 1. The molecule has 0 spiro atoms. The maximum atomic E-state index is 13.3. The fourth-order valence-corrected chi connectivity index (χ4v) is 2.95. The number of piperazine rings is 1. The van der Waals surface area contributed by atoms with Gasteiger partial charge in [-0.3, -0.25) is 19.8 Å². The van der Waals surface area contributed by atoms with Crippen LogP contribution in [0.5, 0.6) is 0 Å². The van der Waals surface area contributed by atoms with Crippen molar-refractivity contribution in [3.05, 3.63) is 75.3 Å². The lowest BCUT2D eigenvalue weighted by Crippen LogP contribution is -2.48. The Hall–Kier alpha value is -2.87. The van der Waals surface area contributed by atoms with Gasteiger partial charge in [-0.2, -0.15) is 0 Å². The molecule has 1 aliphatic heterocycles. The van der Waals surface area contributed by atoms with Crippen LogP contribution in [0.4, 0.5) is 14.5 Å². The summed E-state index contributed by atoms with van der Waals surface area (Å²) in [5.41, 5.74) is 1.00. The van der Waals surface area contributed by atoms with Crippen molar-refractivity contribution in [1.82, 2.24) is 9.80 Å². The van der Waals surface area contributed by atoms with Crippen molar-refractivity contribution >= 4 is 11.6 Å². The molecule has 1 amide bonds. The number of nitro benzene ring substituents is 1. The molecule has 1 saturated heterocycles. The second-order valence-corrected chi connectivity index (χ2v) is 6.12. The lowest BCUT2D eigenvalue weighted by atomic mass is 10.1. The minimum atomic E-state index is -1.04. The highest BCUT2D eigenvalue weighted by molar-refractivity contribution is 5.94. The number of hydrogen-bond acceptors (Lipinski definition) is 4. The molecule has 0 radical (unpaired) electrons. The van der Waals surface area contributed by atoms with Gasteiger partial charge in [-0.15, -0.1) is 0 Å². The van der Waals surface area contributed by atoms with Crippen LogP contribution < -0.4 is 0 Å². The molecule has 3 rings (SSSR count). The topological polar surface area (TPSA) is 66.7 Å². The Balaban J connectivity index is 1.58. The highest BCUT2D eigenvalue weighted by Gasteiger charge is 2.23. The largest absolute Gasteiger partial charge is 0.336 e. The second kappa shape index (κ2) is 7.57. The normalized spacial score (nSPS) is 15.1. The summed E-state index contributed by atoms with van der Waals surface area (Å²) in [5.74, 6) is -2.36. The Labute approximate surface area is 148 Å². The van der Waals surface area contributed by atoms with Gasteiger partial charge in [0, 0.05) is 50.4 Å². The van der Waals surface area contributed by atoms with E-state index >= 15 is 0 Å². The fourth-order valence-electron chi connectivity index (χ4n) is 2.95. The van der Waals surface area contributed by atoms with E-state index in [0.717, 1.165) is 17.7 Å².